The number of nitro groups is 1. The average molecular weight is 355 g/mol. The molecule has 2 aromatic rings. The van der Waals surface area contributed by atoms with Crippen LogP contribution in [0.25, 0.3) is 0 Å². The van der Waals surface area contributed by atoms with Crippen molar-refractivity contribution >= 4 is 39.0 Å². The number of benzene rings is 2. The maximum atomic E-state index is 12.3. The Morgan fingerprint density at radius 3 is 2.40 bits per heavy atom. The Hall–Kier alpha value is -1.72. The highest BCUT2D eigenvalue weighted by Crippen LogP contribution is 2.37. The largest absolute Gasteiger partial charge is 0.293 e. The molecule has 1 unspecified atom stereocenters. The topological polar surface area (TPSA) is 60.2 Å². The molecule has 102 valence electrons. The van der Waals surface area contributed by atoms with Crippen LogP contribution in [0, 0.1) is 10.1 Å². The maximum Gasteiger partial charge on any atom is 0.292 e. The molecule has 0 spiro atoms. The summed E-state index contributed by atoms with van der Waals surface area (Å²) in [6.45, 7) is 0. The summed E-state index contributed by atoms with van der Waals surface area (Å²) >= 11 is 9.07. The fourth-order valence-corrected chi connectivity index (χ4v) is 2.70. The van der Waals surface area contributed by atoms with Gasteiger partial charge >= 0.3 is 0 Å². The molecule has 4 nitrogen and oxygen atoms in total. The minimum absolute atomic E-state index is 0.0119. The van der Waals surface area contributed by atoms with Crippen LogP contribution in [0.15, 0.2) is 48.5 Å². The molecule has 0 aliphatic carbocycles. The van der Waals surface area contributed by atoms with Gasteiger partial charge in [-0.15, -0.1) is 0 Å². The van der Waals surface area contributed by atoms with Crippen LogP contribution in [0.5, 0.6) is 0 Å². The summed E-state index contributed by atoms with van der Waals surface area (Å²) in [5.74, 6) is -0.254. The smallest absolute Gasteiger partial charge is 0.292 e. The van der Waals surface area contributed by atoms with Crippen LogP contribution in [0.4, 0.5) is 5.69 Å². The normalized spacial score (nSPS) is 11.9. The van der Waals surface area contributed by atoms with Crippen LogP contribution in [0.2, 0.25) is 5.02 Å². The molecule has 0 bridgehead atoms. The van der Waals surface area contributed by atoms with Crippen molar-refractivity contribution in [2.75, 3.05) is 0 Å². The van der Waals surface area contributed by atoms with Crippen molar-refractivity contribution < 1.29 is 9.72 Å². The summed E-state index contributed by atoms with van der Waals surface area (Å²) in [6, 6.07) is 13.1. The van der Waals surface area contributed by atoms with Gasteiger partial charge in [-0.3, -0.25) is 14.9 Å². The van der Waals surface area contributed by atoms with Gasteiger partial charge in [0.05, 0.1) is 10.5 Å². The number of nitrogens with zero attached hydrogens (tertiary/aromatic N) is 1. The summed E-state index contributed by atoms with van der Waals surface area (Å²) < 4.78 is 0. The second-order valence-corrected chi connectivity index (χ2v) is 5.35. The predicted octanol–water partition coefficient (Wildman–Crippen LogP) is 4.57. The van der Waals surface area contributed by atoms with E-state index in [1.807, 2.05) is 0 Å². The number of carbonyl (C=O) groups is 1. The molecule has 0 aromatic heterocycles. The highest BCUT2D eigenvalue weighted by Gasteiger charge is 2.28. The standard InChI is InChI=1S/C14H9BrClNO3/c15-12(14(18)9-5-2-1-3-6-9)10-7-4-8-11(16)13(10)17(19)20/h1-8,12H. The summed E-state index contributed by atoms with van der Waals surface area (Å²) in [5, 5.41) is 11.1. The summed E-state index contributed by atoms with van der Waals surface area (Å²) in [7, 11) is 0. The lowest BCUT2D eigenvalue weighted by atomic mass is 10.0. The van der Waals surface area contributed by atoms with E-state index >= 15 is 0 Å². The third kappa shape index (κ3) is 2.89. The molecular weight excluding hydrogens is 346 g/mol. The molecular formula is C14H9BrClNO3. The molecule has 20 heavy (non-hydrogen) atoms. The number of rotatable bonds is 4. The highest BCUT2D eigenvalue weighted by atomic mass is 79.9. The van der Waals surface area contributed by atoms with E-state index in [-0.39, 0.29) is 22.1 Å². The van der Waals surface area contributed by atoms with E-state index in [0.717, 1.165) is 0 Å². The van der Waals surface area contributed by atoms with Gasteiger partial charge in [0, 0.05) is 5.56 Å². The predicted molar refractivity (Wildman–Crippen MR) is 80.5 cm³/mol. The molecule has 0 radical (unpaired) electrons. The second-order valence-electron chi connectivity index (χ2n) is 4.03. The van der Waals surface area contributed by atoms with Crippen molar-refractivity contribution in [2.45, 2.75) is 4.83 Å². The Balaban J connectivity index is 2.44. The first-order valence-corrected chi connectivity index (χ1v) is 6.98. The van der Waals surface area contributed by atoms with Crippen LogP contribution in [-0.2, 0) is 0 Å². The zero-order valence-corrected chi connectivity index (χ0v) is 12.5. The zero-order chi connectivity index (χ0) is 14.7. The molecule has 0 saturated carbocycles. The van der Waals surface area contributed by atoms with Crippen LogP contribution >= 0.6 is 27.5 Å². The number of hydrogen-bond donors (Lipinski definition) is 0. The Bertz CT molecular complexity index is 661. The first-order valence-electron chi connectivity index (χ1n) is 5.68. The minimum Gasteiger partial charge on any atom is -0.293 e. The number of halogens is 2. The average Bonchev–Trinajstić information content (AvgIpc) is 2.46. The Kier molecular flexibility index (Phi) is 4.52. The van der Waals surface area contributed by atoms with E-state index in [0.29, 0.717) is 5.56 Å². The fraction of sp³-hybridized carbons (Fsp3) is 0.0714. The fourth-order valence-electron chi connectivity index (χ4n) is 1.82. The molecule has 0 aliphatic rings. The highest BCUT2D eigenvalue weighted by molar-refractivity contribution is 9.09. The summed E-state index contributed by atoms with van der Waals surface area (Å²) in [6.07, 6.45) is 0. The number of hydrogen-bond acceptors (Lipinski definition) is 3. The van der Waals surface area contributed by atoms with Gasteiger partial charge in [-0.1, -0.05) is 70.0 Å². The molecule has 0 N–H and O–H groups in total. The minimum atomic E-state index is -0.816. The van der Waals surface area contributed by atoms with Gasteiger partial charge in [0.2, 0.25) is 0 Å². The molecule has 0 amide bonds. The first-order chi connectivity index (χ1) is 9.52. The molecule has 0 heterocycles. The van der Waals surface area contributed by atoms with Gasteiger partial charge in [0.25, 0.3) is 5.69 Å². The maximum absolute atomic E-state index is 12.3. The van der Waals surface area contributed by atoms with Gasteiger partial charge < -0.3 is 0 Å². The number of Topliss-reactive ketones (excluding diaryl/α,β-unsaturated/α-hetero) is 1. The van der Waals surface area contributed by atoms with E-state index in [9.17, 15) is 14.9 Å². The molecule has 6 heteroatoms. The van der Waals surface area contributed by atoms with E-state index in [1.54, 1.807) is 36.4 Å². The third-order valence-corrected chi connectivity index (χ3v) is 3.98. The molecule has 0 aliphatic heterocycles. The van der Waals surface area contributed by atoms with E-state index in [1.165, 1.54) is 12.1 Å². The van der Waals surface area contributed by atoms with Gasteiger partial charge in [-0.05, 0) is 6.07 Å². The Morgan fingerprint density at radius 2 is 1.80 bits per heavy atom. The van der Waals surface area contributed by atoms with Crippen LogP contribution in [0.1, 0.15) is 20.7 Å². The van der Waals surface area contributed by atoms with Gasteiger partial charge in [0.1, 0.15) is 9.85 Å². The second kappa shape index (κ2) is 6.15. The number of nitro benzene ring substituents is 1. The number of para-hydroxylation sites is 1. The number of carbonyl (C=O) groups excluding carboxylic acids is 1. The Morgan fingerprint density at radius 1 is 1.15 bits per heavy atom. The van der Waals surface area contributed by atoms with Crippen LogP contribution in [-0.4, -0.2) is 10.7 Å². The van der Waals surface area contributed by atoms with Crippen molar-refractivity contribution in [3.05, 3.63) is 74.8 Å². The number of alkyl halides is 1. The quantitative estimate of drug-likeness (QED) is 0.350. The van der Waals surface area contributed by atoms with E-state index in [4.69, 9.17) is 11.6 Å². The SMILES string of the molecule is O=C(c1ccccc1)C(Br)c1cccc(Cl)c1[N+](=O)[O-]. The lowest BCUT2D eigenvalue weighted by Gasteiger charge is -2.10. The zero-order valence-electron chi connectivity index (χ0n) is 10.1. The molecule has 0 fully saturated rings. The number of ketones is 1. The van der Waals surface area contributed by atoms with Crippen LogP contribution < -0.4 is 0 Å². The van der Waals surface area contributed by atoms with Crippen molar-refractivity contribution in [1.29, 1.82) is 0 Å². The molecule has 1 atom stereocenters. The Labute approximate surface area is 128 Å². The molecule has 2 rings (SSSR count). The summed E-state index contributed by atoms with van der Waals surface area (Å²) in [5.41, 5.74) is 0.473. The molecule has 2 aromatic carbocycles. The lowest BCUT2D eigenvalue weighted by Crippen LogP contribution is -2.09. The first kappa shape index (κ1) is 14.7. The van der Waals surface area contributed by atoms with E-state index in [2.05, 4.69) is 15.9 Å². The van der Waals surface area contributed by atoms with Crippen LogP contribution in [0.3, 0.4) is 0 Å². The van der Waals surface area contributed by atoms with Crippen molar-refractivity contribution in [3.8, 4) is 0 Å². The molecule has 0 saturated heterocycles. The van der Waals surface area contributed by atoms with Crippen molar-refractivity contribution in [2.24, 2.45) is 0 Å². The lowest BCUT2D eigenvalue weighted by molar-refractivity contribution is -0.385. The van der Waals surface area contributed by atoms with Gasteiger partial charge in [0.15, 0.2) is 5.78 Å². The summed E-state index contributed by atoms with van der Waals surface area (Å²) in [4.78, 5) is 22.0. The van der Waals surface area contributed by atoms with Crippen molar-refractivity contribution in [1.82, 2.24) is 0 Å². The third-order valence-electron chi connectivity index (χ3n) is 2.76. The van der Waals surface area contributed by atoms with Gasteiger partial charge in [-0.25, -0.2) is 0 Å². The monoisotopic (exact) mass is 353 g/mol. The van der Waals surface area contributed by atoms with Crippen molar-refractivity contribution in [3.63, 3.8) is 0 Å². The van der Waals surface area contributed by atoms with E-state index < -0.39 is 9.75 Å². The van der Waals surface area contributed by atoms with Gasteiger partial charge in [-0.2, -0.15) is 0 Å².